The summed E-state index contributed by atoms with van der Waals surface area (Å²) in [6.07, 6.45) is 7.23. The molecule has 0 spiro atoms. The Hall–Kier alpha value is -2.98. The SMILES string of the molecule is N#CCOc1ccc(C=Nn2c(C3CCCCC3)nc3ccccc3c2=O)cc1Br. The lowest BCUT2D eigenvalue weighted by Crippen LogP contribution is -2.25. The number of nitriles is 1. The summed E-state index contributed by atoms with van der Waals surface area (Å²) in [6.45, 7) is -0.0189. The van der Waals surface area contributed by atoms with Gasteiger partial charge in [0.25, 0.3) is 5.56 Å². The third-order valence-electron chi connectivity index (χ3n) is 5.32. The van der Waals surface area contributed by atoms with Crippen LogP contribution >= 0.6 is 15.9 Å². The number of halogens is 1. The number of para-hydroxylation sites is 1. The average Bonchev–Trinajstić information content (AvgIpc) is 2.78. The van der Waals surface area contributed by atoms with E-state index in [-0.39, 0.29) is 18.1 Å². The highest BCUT2D eigenvalue weighted by Gasteiger charge is 2.22. The molecule has 0 amide bonds. The number of hydrogen-bond acceptors (Lipinski definition) is 5. The minimum absolute atomic E-state index is 0.0189. The van der Waals surface area contributed by atoms with Crippen LogP contribution in [0.15, 0.2) is 56.8 Å². The number of ether oxygens (including phenoxy) is 1. The summed E-state index contributed by atoms with van der Waals surface area (Å²) >= 11 is 3.45. The number of benzene rings is 2. The number of rotatable bonds is 5. The Morgan fingerprint density at radius 3 is 2.80 bits per heavy atom. The first kappa shape index (κ1) is 20.3. The molecule has 0 unspecified atom stereocenters. The van der Waals surface area contributed by atoms with Crippen molar-refractivity contribution in [3.63, 3.8) is 0 Å². The van der Waals surface area contributed by atoms with Gasteiger partial charge in [-0.3, -0.25) is 4.79 Å². The molecule has 30 heavy (non-hydrogen) atoms. The summed E-state index contributed by atoms with van der Waals surface area (Å²) in [5.74, 6) is 1.56. The van der Waals surface area contributed by atoms with E-state index in [4.69, 9.17) is 15.0 Å². The van der Waals surface area contributed by atoms with E-state index in [1.165, 1.54) is 11.1 Å². The van der Waals surface area contributed by atoms with Crippen LogP contribution in [0.5, 0.6) is 5.75 Å². The second kappa shape index (κ2) is 9.23. The predicted molar refractivity (Wildman–Crippen MR) is 120 cm³/mol. The molecule has 1 fully saturated rings. The van der Waals surface area contributed by atoms with Gasteiger partial charge in [0.15, 0.2) is 6.61 Å². The lowest BCUT2D eigenvalue weighted by molar-refractivity contribution is 0.366. The molecule has 1 saturated carbocycles. The summed E-state index contributed by atoms with van der Waals surface area (Å²) in [5.41, 5.74) is 1.38. The minimum atomic E-state index is -0.148. The maximum Gasteiger partial charge on any atom is 0.282 e. The number of nitrogens with zero attached hydrogens (tertiary/aromatic N) is 4. The van der Waals surface area contributed by atoms with Crippen molar-refractivity contribution in [2.45, 2.75) is 38.0 Å². The molecule has 1 aromatic heterocycles. The molecule has 1 heterocycles. The maximum absolute atomic E-state index is 13.2. The van der Waals surface area contributed by atoms with Crippen molar-refractivity contribution in [1.29, 1.82) is 5.26 Å². The third-order valence-corrected chi connectivity index (χ3v) is 5.94. The molecule has 152 valence electrons. The normalized spacial score (nSPS) is 14.8. The first-order valence-electron chi connectivity index (χ1n) is 10.0. The van der Waals surface area contributed by atoms with Crippen molar-refractivity contribution in [2.24, 2.45) is 5.10 Å². The third kappa shape index (κ3) is 4.29. The summed E-state index contributed by atoms with van der Waals surface area (Å²) in [5, 5.41) is 13.8. The Labute approximate surface area is 182 Å². The lowest BCUT2D eigenvalue weighted by Gasteiger charge is -2.22. The van der Waals surface area contributed by atoms with Crippen molar-refractivity contribution < 1.29 is 4.74 Å². The molecule has 3 aromatic rings. The van der Waals surface area contributed by atoms with Crippen molar-refractivity contribution in [3.8, 4) is 11.8 Å². The van der Waals surface area contributed by atoms with Crippen LogP contribution in [0.1, 0.15) is 49.4 Å². The standard InChI is InChI=1S/C23H21BrN4O2/c24-19-14-16(10-11-21(19)30-13-12-25)15-26-28-22(17-6-2-1-3-7-17)27-20-9-5-4-8-18(20)23(28)29/h4-5,8-11,14-15,17H,1-3,6-7,13H2. The summed E-state index contributed by atoms with van der Waals surface area (Å²) in [4.78, 5) is 18.0. The number of fused-ring (bicyclic) bond motifs is 1. The molecule has 6 nitrogen and oxygen atoms in total. The van der Waals surface area contributed by atoms with Gasteiger partial charge in [0.2, 0.25) is 0 Å². The van der Waals surface area contributed by atoms with E-state index in [1.807, 2.05) is 36.4 Å². The molecule has 2 aromatic carbocycles. The van der Waals surface area contributed by atoms with Crippen molar-refractivity contribution in [1.82, 2.24) is 9.66 Å². The van der Waals surface area contributed by atoms with Crippen LogP contribution < -0.4 is 10.3 Å². The number of hydrogen-bond donors (Lipinski definition) is 0. The average molecular weight is 465 g/mol. The Bertz CT molecular complexity index is 1190. The summed E-state index contributed by atoms with van der Waals surface area (Å²) in [7, 11) is 0. The van der Waals surface area contributed by atoms with Gasteiger partial charge in [-0.15, -0.1) is 0 Å². The van der Waals surface area contributed by atoms with Crippen LogP contribution in [0.4, 0.5) is 0 Å². The Morgan fingerprint density at radius 2 is 2.03 bits per heavy atom. The summed E-state index contributed by atoms with van der Waals surface area (Å²) in [6, 6.07) is 14.8. The molecule has 0 saturated heterocycles. The van der Waals surface area contributed by atoms with Crippen molar-refractivity contribution in [3.05, 3.63) is 68.7 Å². The van der Waals surface area contributed by atoms with Crippen molar-refractivity contribution in [2.75, 3.05) is 6.61 Å². The number of aromatic nitrogens is 2. The first-order valence-corrected chi connectivity index (χ1v) is 10.8. The molecule has 4 rings (SSSR count). The van der Waals surface area contributed by atoms with Crippen LogP contribution in [-0.4, -0.2) is 22.5 Å². The molecule has 0 aliphatic heterocycles. The molecular weight excluding hydrogens is 444 g/mol. The van der Waals surface area contributed by atoms with E-state index in [0.29, 0.717) is 11.1 Å². The zero-order chi connectivity index (χ0) is 20.9. The highest BCUT2D eigenvalue weighted by atomic mass is 79.9. The van der Waals surface area contributed by atoms with Gasteiger partial charge >= 0.3 is 0 Å². The highest BCUT2D eigenvalue weighted by Crippen LogP contribution is 2.32. The monoisotopic (exact) mass is 464 g/mol. The van der Waals surface area contributed by atoms with Crippen LogP contribution in [0.2, 0.25) is 0 Å². The van der Waals surface area contributed by atoms with Gasteiger partial charge in [-0.05, 0) is 64.7 Å². The van der Waals surface area contributed by atoms with Gasteiger partial charge in [-0.25, -0.2) is 4.98 Å². The predicted octanol–water partition coefficient (Wildman–Crippen LogP) is 4.99. The van der Waals surface area contributed by atoms with Crippen molar-refractivity contribution >= 4 is 33.0 Å². The van der Waals surface area contributed by atoms with E-state index in [9.17, 15) is 4.79 Å². The Morgan fingerprint density at radius 1 is 1.23 bits per heavy atom. The van der Waals surface area contributed by atoms with E-state index in [1.54, 1.807) is 18.3 Å². The molecular formula is C23H21BrN4O2. The van der Waals surface area contributed by atoms with Gasteiger partial charge in [0, 0.05) is 5.92 Å². The molecule has 0 radical (unpaired) electrons. The van der Waals surface area contributed by atoms with Crippen LogP contribution in [0.3, 0.4) is 0 Å². The molecule has 0 bridgehead atoms. The lowest BCUT2D eigenvalue weighted by atomic mass is 9.88. The Balaban J connectivity index is 1.74. The van der Waals surface area contributed by atoms with Crippen LogP contribution in [0, 0.1) is 11.3 Å². The van der Waals surface area contributed by atoms with E-state index >= 15 is 0 Å². The molecule has 0 atom stereocenters. The van der Waals surface area contributed by atoms with Crippen LogP contribution in [-0.2, 0) is 0 Å². The minimum Gasteiger partial charge on any atom is -0.478 e. The fraction of sp³-hybridized carbons (Fsp3) is 0.304. The zero-order valence-electron chi connectivity index (χ0n) is 16.4. The maximum atomic E-state index is 13.2. The second-order valence-electron chi connectivity index (χ2n) is 7.32. The van der Waals surface area contributed by atoms with E-state index < -0.39 is 0 Å². The Kier molecular flexibility index (Phi) is 6.24. The fourth-order valence-corrected chi connectivity index (χ4v) is 4.34. The summed E-state index contributed by atoms with van der Waals surface area (Å²) < 4.78 is 7.54. The topological polar surface area (TPSA) is 80.3 Å². The largest absolute Gasteiger partial charge is 0.478 e. The van der Waals surface area contributed by atoms with E-state index in [0.717, 1.165) is 47.1 Å². The molecule has 7 heteroatoms. The zero-order valence-corrected chi connectivity index (χ0v) is 18.0. The molecule has 0 N–H and O–H groups in total. The quantitative estimate of drug-likeness (QED) is 0.498. The first-order chi connectivity index (χ1) is 14.7. The second-order valence-corrected chi connectivity index (χ2v) is 8.17. The van der Waals surface area contributed by atoms with E-state index in [2.05, 4.69) is 21.0 Å². The highest BCUT2D eigenvalue weighted by molar-refractivity contribution is 9.10. The van der Waals surface area contributed by atoms with Gasteiger partial charge < -0.3 is 4.74 Å². The van der Waals surface area contributed by atoms with Gasteiger partial charge in [0.05, 0.1) is 21.6 Å². The van der Waals surface area contributed by atoms with Gasteiger partial charge in [-0.1, -0.05) is 31.4 Å². The smallest absolute Gasteiger partial charge is 0.282 e. The van der Waals surface area contributed by atoms with Crippen LogP contribution in [0.25, 0.3) is 10.9 Å². The molecule has 1 aliphatic rings. The fourth-order valence-electron chi connectivity index (χ4n) is 3.83. The van der Waals surface area contributed by atoms with Gasteiger partial charge in [0.1, 0.15) is 17.6 Å². The van der Waals surface area contributed by atoms with Gasteiger partial charge in [-0.2, -0.15) is 15.0 Å². The molecule has 1 aliphatic carbocycles.